The lowest BCUT2D eigenvalue weighted by atomic mass is 9.86. The normalized spacial score (nSPS) is 22.0. The molecule has 2 aromatic rings. The van der Waals surface area contributed by atoms with E-state index in [-0.39, 0.29) is 0 Å². The van der Waals surface area contributed by atoms with Gasteiger partial charge in [-0.15, -0.1) is 0 Å². The average Bonchev–Trinajstić information content (AvgIpc) is 2.52. The van der Waals surface area contributed by atoms with Gasteiger partial charge in [0.25, 0.3) is 0 Å². The number of aliphatic hydroxyl groups excluding tert-OH is 1. The van der Waals surface area contributed by atoms with Crippen molar-refractivity contribution >= 4 is 0 Å². The Labute approximate surface area is 130 Å². The van der Waals surface area contributed by atoms with Gasteiger partial charge in [0.05, 0.1) is 6.04 Å². The number of nitrogens with two attached hydrogens (primary N) is 1. The molecule has 0 unspecified atom stereocenters. The Kier molecular flexibility index (Phi) is 3.66. The predicted molar refractivity (Wildman–Crippen MR) is 86.5 cm³/mol. The molecule has 1 aliphatic rings. The van der Waals surface area contributed by atoms with Crippen molar-refractivity contribution in [1.29, 1.82) is 0 Å². The van der Waals surface area contributed by atoms with E-state index < -0.39 is 17.7 Å². The fourth-order valence-electron chi connectivity index (χ4n) is 2.59. The number of hydrogen-bond donors (Lipinski definition) is 2. The highest BCUT2D eigenvalue weighted by Crippen LogP contribution is 2.38. The Bertz CT molecular complexity index is 741. The van der Waals surface area contributed by atoms with Crippen LogP contribution in [0.5, 0.6) is 5.75 Å². The van der Waals surface area contributed by atoms with Crippen molar-refractivity contribution in [3.8, 4) is 17.6 Å². The van der Waals surface area contributed by atoms with Crippen molar-refractivity contribution in [2.75, 3.05) is 0 Å². The SMILES string of the molecule is CC1(C)Oc2ccc(C#Cc3ccccc3)cc2[C@@H](N)[C@@H]1O. The maximum Gasteiger partial charge on any atom is 0.131 e. The van der Waals surface area contributed by atoms with Crippen LogP contribution in [0.4, 0.5) is 0 Å². The molecule has 2 aromatic carbocycles. The molecular weight excluding hydrogens is 274 g/mol. The first-order valence-corrected chi connectivity index (χ1v) is 7.31. The van der Waals surface area contributed by atoms with E-state index in [1.54, 1.807) is 0 Å². The second-order valence-corrected chi connectivity index (χ2v) is 6.04. The van der Waals surface area contributed by atoms with Gasteiger partial charge in [-0.1, -0.05) is 30.0 Å². The Balaban J connectivity index is 1.94. The van der Waals surface area contributed by atoms with Crippen LogP contribution in [-0.2, 0) is 0 Å². The number of hydrogen-bond acceptors (Lipinski definition) is 3. The average molecular weight is 293 g/mol. The van der Waals surface area contributed by atoms with Crippen molar-refractivity contribution in [3.05, 3.63) is 65.2 Å². The van der Waals surface area contributed by atoms with Crippen molar-refractivity contribution in [2.24, 2.45) is 5.73 Å². The minimum Gasteiger partial charge on any atom is -0.485 e. The molecule has 3 N–H and O–H groups in total. The van der Waals surface area contributed by atoms with E-state index in [1.807, 2.05) is 62.4 Å². The third-order valence-electron chi connectivity index (χ3n) is 3.92. The van der Waals surface area contributed by atoms with Crippen LogP contribution in [0.2, 0.25) is 0 Å². The topological polar surface area (TPSA) is 55.5 Å². The molecule has 3 rings (SSSR count). The zero-order chi connectivity index (χ0) is 15.7. The van der Waals surface area contributed by atoms with Crippen molar-refractivity contribution in [3.63, 3.8) is 0 Å². The molecule has 112 valence electrons. The molecule has 3 nitrogen and oxygen atoms in total. The lowest BCUT2D eigenvalue weighted by Crippen LogP contribution is -2.51. The fraction of sp³-hybridized carbons (Fsp3) is 0.263. The molecule has 22 heavy (non-hydrogen) atoms. The van der Waals surface area contributed by atoms with Gasteiger partial charge in [0, 0.05) is 16.7 Å². The van der Waals surface area contributed by atoms with Gasteiger partial charge in [-0.05, 0) is 44.2 Å². The van der Waals surface area contributed by atoms with Crippen molar-refractivity contribution in [2.45, 2.75) is 31.6 Å². The first-order valence-electron chi connectivity index (χ1n) is 7.31. The summed E-state index contributed by atoms with van der Waals surface area (Å²) in [6.45, 7) is 3.67. The molecule has 0 saturated carbocycles. The zero-order valence-corrected chi connectivity index (χ0v) is 12.7. The summed E-state index contributed by atoms with van der Waals surface area (Å²) in [7, 11) is 0. The van der Waals surface area contributed by atoms with Gasteiger partial charge < -0.3 is 15.6 Å². The minimum atomic E-state index is -0.752. The second kappa shape index (κ2) is 5.49. The Morgan fingerprint density at radius 1 is 1.05 bits per heavy atom. The molecule has 0 aromatic heterocycles. The zero-order valence-electron chi connectivity index (χ0n) is 12.7. The highest BCUT2D eigenvalue weighted by atomic mass is 16.5. The summed E-state index contributed by atoms with van der Waals surface area (Å²) in [4.78, 5) is 0. The van der Waals surface area contributed by atoms with E-state index in [0.29, 0.717) is 5.75 Å². The number of benzene rings is 2. The number of ether oxygens (including phenoxy) is 1. The Hall–Kier alpha value is -2.28. The van der Waals surface area contributed by atoms with Gasteiger partial charge in [0.1, 0.15) is 17.5 Å². The maximum absolute atomic E-state index is 10.3. The molecule has 0 radical (unpaired) electrons. The van der Waals surface area contributed by atoms with Crippen LogP contribution in [0, 0.1) is 11.8 Å². The highest BCUT2D eigenvalue weighted by molar-refractivity contribution is 5.49. The molecular formula is C19H19NO2. The summed E-state index contributed by atoms with van der Waals surface area (Å²) in [5.41, 5.74) is 8.09. The van der Waals surface area contributed by atoms with Gasteiger partial charge in [-0.3, -0.25) is 0 Å². The second-order valence-electron chi connectivity index (χ2n) is 6.04. The van der Waals surface area contributed by atoms with E-state index in [1.165, 1.54) is 0 Å². The monoisotopic (exact) mass is 293 g/mol. The maximum atomic E-state index is 10.3. The first kappa shape index (κ1) is 14.6. The standard InChI is InChI=1S/C19H19NO2/c1-19(2)18(21)17(20)15-12-14(10-11-16(15)22-19)9-8-13-6-4-3-5-7-13/h3-7,10-12,17-18,21H,20H2,1-2H3/t17-,18+/m1/s1. The summed E-state index contributed by atoms with van der Waals surface area (Å²) < 4.78 is 5.84. The van der Waals surface area contributed by atoms with Crippen molar-refractivity contribution in [1.82, 2.24) is 0 Å². The number of aliphatic hydroxyl groups is 1. The van der Waals surface area contributed by atoms with E-state index in [4.69, 9.17) is 10.5 Å². The molecule has 3 heteroatoms. The summed E-state index contributed by atoms with van der Waals surface area (Å²) >= 11 is 0. The van der Waals surface area contributed by atoms with Gasteiger partial charge >= 0.3 is 0 Å². The van der Waals surface area contributed by atoms with Gasteiger partial charge in [0.15, 0.2) is 0 Å². The summed E-state index contributed by atoms with van der Waals surface area (Å²) in [6.07, 6.45) is -0.752. The quantitative estimate of drug-likeness (QED) is 0.734. The van der Waals surface area contributed by atoms with Gasteiger partial charge in [0.2, 0.25) is 0 Å². The highest BCUT2D eigenvalue weighted by Gasteiger charge is 2.41. The molecule has 0 fully saturated rings. The van der Waals surface area contributed by atoms with Crippen molar-refractivity contribution < 1.29 is 9.84 Å². The molecule has 0 amide bonds. The van der Waals surface area contributed by atoms with Gasteiger partial charge in [-0.25, -0.2) is 0 Å². The Morgan fingerprint density at radius 3 is 2.45 bits per heavy atom. The van der Waals surface area contributed by atoms with Crippen LogP contribution in [0.3, 0.4) is 0 Å². The predicted octanol–water partition coefficient (Wildman–Crippen LogP) is 2.62. The van der Waals surface area contributed by atoms with E-state index in [2.05, 4.69) is 11.8 Å². The smallest absolute Gasteiger partial charge is 0.131 e. The summed E-state index contributed by atoms with van der Waals surface area (Å²) in [5.74, 6) is 6.96. The minimum absolute atomic E-state index is 0.475. The van der Waals surface area contributed by atoms with Crippen LogP contribution in [0.15, 0.2) is 48.5 Å². The van der Waals surface area contributed by atoms with E-state index in [9.17, 15) is 5.11 Å². The van der Waals surface area contributed by atoms with E-state index >= 15 is 0 Å². The van der Waals surface area contributed by atoms with E-state index in [0.717, 1.165) is 16.7 Å². The molecule has 1 heterocycles. The van der Waals surface area contributed by atoms with Crippen LogP contribution >= 0.6 is 0 Å². The molecule has 0 spiro atoms. The molecule has 1 aliphatic heterocycles. The molecule has 2 atom stereocenters. The molecule has 0 aliphatic carbocycles. The first-order chi connectivity index (χ1) is 10.5. The number of rotatable bonds is 0. The molecule has 0 saturated heterocycles. The van der Waals surface area contributed by atoms with Crippen LogP contribution in [0.1, 0.15) is 36.6 Å². The summed E-state index contributed by atoms with van der Waals surface area (Å²) in [6, 6.07) is 15.0. The molecule has 0 bridgehead atoms. The van der Waals surface area contributed by atoms with Crippen LogP contribution in [-0.4, -0.2) is 16.8 Å². The van der Waals surface area contributed by atoms with Crippen LogP contribution in [0.25, 0.3) is 0 Å². The lowest BCUT2D eigenvalue weighted by Gasteiger charge is -2.40. The largest absolute Gasteiger partial charge is 0.485 e. The van der Waals surface area contributed by atoms with Gasteiger partial charge in [-0.2, -0.15) is 0 Å². The third-order valence-corrected chi connectivity index (χ3v) is 3.92. The third kappa shape index (κ3) is 2.71. The van der Waals surface area contributed by atoms with Crippen LogP contribution < -0.4 is 10.5 Å². The number of fused-ring (bicyclic) bond motifs is 1. The fourth-order valence-corrected chi connectivity index (χ4v) is 2.59. The Morgan fingerprint density at radius 2 is 1.73 bits per heavy atom. The summed E-state index contributed by atoms with van der Waals surface area (Å²) in [5, 5.41) is 10.3. The lowest BCUT2D eigenvalue weighted by molar-refractivity contribution is -0.0571.